The summed E-state index contributed by atoms with van der Waals surface area (Å²) in [6.45, 7) is 4.87. The molecule has 0 bridgehead atoms. The molecule has 1 heterocycles. The van der Waals surface area contributed by atoms with Crippen molar-refractivity contribution in [3.05, 3.63) is 35.5 Å². The summed E-state index contributed by atoms with van der Waals surface area (Å²) in [5.74, 6) is 1.55. The third kappa shape index (κ3) is 7.49. The Bertz CT molecular complexity index is 662. The zero-order valence-corrected chi connectivity index (χ0v) is 17.9. The van der Waals surface area contributed by atoms with Gasteiger partial charge in [-0.15, -0.1) is 0 Å². The quantitative estimate of drug-likeness (QED) is 0.299. The van der Waals surface area contributed by atoms with Crippen LogP contribution in [0.1, 0.15) is 83.6 Å². The Hall–Kier alpha value is -2.10. The van der Waals surface area contributed by atoms with E-state index < -0.39 is 0 Å². The third-order valence-corrected chi connectivity index (χ3v) is 5.24. The van der Waals surface area contributed by atoms with Crippen LogP contribution in [0.3, 0.4) is 0 Å². The minimum atomic E-state index is -0.0567. The van der Waals surface area contributed by atoms with E-state index in [1.807, 2.05) is 37.3 Å². The zero-order chi connectivity index (χ0) is 20.2. The lowest BCUT2D eigenvalue weighted by molar-refractivity contribution is -0.121. The standard InChI is InChI=1S/C24H36N2O2/c1-4-5-6-7-8-9-10-11-12-13-18-28-22-16-14-21(15-17-22)19-23-24(27)26(3)20(2)25-23/h14-17,19H,4-13,18H2,1-3H3/b23-19+. The van der Waals surface area contributed by atoms with Crippen LogP contribution in [0.5, 0.6) is 5.75 Å². The minimum absolute atomic E-state index is 0.0567. The molecule has 1 aliphatic heterocycles. The summed E-state index contributed by atoms with van der Waals surface area (Å²) in [5, 5.41) is 0. The number of rotatable bonds is 13. The highest BCUT2D eigenvalue weighted by Crippen LogP contribution is 2.19. The number of amidine groups is 1. The lowest BCUT2D eigenvalue weighted by Crippen LogP contribution is -2.25. The molecule has 4 heteroatoms. The fourth-order valence-corrected chi connectivity index (χ4v) is 3.31. The molecule has 154 valence electrons. The van der Waals surface area contributed by atoms with Gasteiger partial charge in [0.1, 0.15) is 17.3 Å². The molecule has 0 saturated carbocycles. The summed E-state index contributed by atoms with van der Waals surface area (Å²) in [6.07, 6.45) is 15.1. The molecule has 0 spiro atoms. The van der Waals surface area contributed by atoms with Crippen LogP contribution in [0, 0.1) is 0 Å². The first-order chi connectivity index (χ1) is 13.6. The molecule has 0 atom stereocenters. The molecule has 1 aromatic carbocycles. The summed E-state index contributed by atoms with van der Waals surface area (Å²) < 4.78 is 5.83. The largest absolute Gasteiger partial charge is 0.494 e. The van der Waals surface area contributed by atoms with E-state index in [2.05, 4.69) is 11.9 Å². The van der Waals surface area contributed by atoms with Gasteiger partial charge in [-0.1, -0.05) is 76.8 Å². The van der Waals surface area contributed by atoms with E-state index in [0.717, 1.165) is 30.2 Å². The van der Waals surface area contributed by atoms with E-state index in [4.69, 9.17) is 4.74 Å². The van der Waals surface area contributed by atoms with Crippen LogP contribution in [-0.4, -0.2) is 30.3 Å². The van der Waals surface area contributed by atoms with Crippen molar-refractivity contribution < 1.29 is 9.53 Å². The number of benzene rings is 1. The van der Waals surface area contributed by atoms with E-state index in [1.54, 1.807) is 11.9 Å². The predicted molar refractivity (Wildman–Crippen MR) is 118 cm³/mol. The monoisotopic (exact) mass is 384 g/mol. The Labute approximate surface area is 170 Å². The van der Waals surface area contributed by atoms with Crippen LogP contribution in [-0.2, 0) is 4.79 Å². The number of amides is 1. The second-order valence-corrected chi connectivity index (χ2v) is 7.65. The Kier molecular flexibility index (Phi) is 9.81. The SMILES string of the molecule is CCCCCCCCCCCCOc1ccc(/C=C2/N=C(C)N(C)C2=O)cc1. The lowest BCUT2D eigenvalue weighted by Gasteiger charge is -2.07. The number of likely N-dealkylation sites (N-methyl/N-ethyl adjacent to an activating group) is 1. The number of carbonyl (C=O) groups excluding carboxylic acids is 1. The van der Waals surface area contributed by atoms with Gasteiger partial charge in [0, 0.05) is 7.05 Å². The van der Waals surface area contributed by atoms with Crippen molar-refractivity contribution in [1.29, 1.82) is 0 Å². The van der Waals surface area contributed by atoms with Gasteiger partial charge in [-0.05, 0) is 37.1 Å². The molecule has 0 aromatic heterocycles. The third-order valence-electron chi connectivity index (χ3n) is 5.24. The number of unbranched alkanes of at least 4 members (excludes halogenated alkanes) is 9. The van der Waals surface area contributed by atoms with Crippen molar-refractivity contribution in [3.63, 3.8) is 0 Å². The van der Waals surface area contributed by atoms with E-state index >= 15 is 0 Å². The summed E-state index contributed by atoms with van der Waals surface area (Å²) in [7, 11) is 1.74. The molecule has 4 nitrogen and oxygen atoms in total. The van der Waals surface area contributed by atoms with Crippen molar-refractivity contribution >= 4 is 17.8 Å². The normalized spacial score (nSPS) is 15.4. The molecular weight excluding hydrogens is 348 g/mol. The van der Waals surface area contributed by atoms with E-state index in [0.29, 0.717) is 5.70 Å². The average molecular weight is 385 g/mol. The maximum absolute atomic E-state index is 12.0. The summed E-state index contributed by atoms with van der Waals surface area (Å²) in [6, 6.07) is 7.86. The van der Waals surface area contributed by atoms with Crippen LogP contribution < -0.4 is 4.74 Å². The maximum atomic E-state index is 12.0. The van der Waals surface area contributed by atoms with Gasteiger partial charge in [0.05, 0.1) is 6.61 Å². The predicted octanol–water partition coefficient (Wildman–Crippen LogP) is 6.22. The average Bonchev–Trinajstić information content (AvgIpc) is 2.94. The van der Waals surface area contributed by atoms with Crippen molar-refractivity contribution in [1.82, 2.24) is 4.90 Å². The first-order valence-electron chi connectivity index (χ1n) is 10.9. The van der Waals surface area contributed by atoms with Crippen molar-refractivity contribution in [2.24, 2.45) is 4.99 Å². The Morgan fingerprint density at radius 1 is 0.929 bits per heavy atom. The summed E-state index contributed by atoms with van der Waals surface area (Å²) >= 11 is 0. The number of carbonyl (C=O) groups is 1. The number of aliphatic imine (C=N–C) groups is 1. The van der Waals surface area contributed by atoms with Gasteiger partial charge >= 0.3 is 0 Å². The Morgan fingerprint density at radius 2 is 1.50 bits per heavy atom. The summed E-state index contributed by atoms with van der Waals surface area (Å²) in [5.41, 5.74) is 1.44. The van der Waals surface area contributed by atoms with Crippen LogP contribution in [0.15, 0.2) is 35.0 Å². The van der Waals surface area contributed by atoms with Crippen LogP contribution >= 0.6 is 0 Å². The Balaban J connectivity index is 1.59. The van der Waals surface area contributed by atoms with Crippen LogP contribution in [0.2, 0.25) is 0 Å². The van der Waals surface area contributed by atoms with E-state index in [9.17, 15) is 4.79 Å². The van der Waals surface area contributed by atoms with Crippen LogP contribution in [0.4, 0.5) is 0 Å². The Morgan fingerprint density at radius 3 is 2.04 bits per heavy atom. The second-order valence-electron chi connectivity index (χ2n) is 7.65. The molecule has 1 aromatic rings. The first kappa shape index (κ1) is 22.2. The van der Waals surface area contributed by atoms with Gasteiger partial charge in [0.15, 0.2) is 0 Å². The smallest absolute Gasteiger partial charge is 0.277 e. The first-order valence-corrected chi connectivity index (χ1v) is 10.9. The molecule has 0 saturated heterocycles. The van der Waals surface area contributed by atoms with Gasteiger partial charge < -0.3 is 4.74 Å². The minimum Gasteiger partial charge on any atom is -0.494 e. The van der Waals surface area contributed by atoms with Crippen LogP contribution in [0.25, 0.3) is 6.08 Å². The molecule has 0 radical (unpaired) electrons. The highest BCUT2D eigenvalue weighted by atomic mass is 16.5. The summed E-state index contributed by atoms with van der Waals surface area (Å²) in [4.78, 5) is 17.9. The molecule has 0 fully saturated rings. The fourth-order valence-electron chi connectivity index (χ4n) is 3.31. The number of hydrogen-bond acceptors (Lipinski definition) is 3. The molecular formula is C24H36N2O2. The van der Waals surface area contributed by atoms with Gasteiger partial charge in [0.25, 0.3) is 5.91 Å². The molecule has 2 rings (SSSR count). The molecule has 0 N–H and O–H groups in total. The van der Waals surface area contributed by atoms with Crippen molar-refractivity contribution in [2.45, 2.75) is 78.1 Å². The van der Waals surface area contributed by atoms with E-state index in [-0.39, 0.29) is 5.91 Å². The second kappa shape index (κ2) is 12.4. The van der Waals surface area contributed by atoms with Crippen molar-refractivity contribution in [2.75, 3.05) is 13.7 Å². The van der Waals surface area contributed by atoms with E-state index in [1.165, 1.54) is 57.8 Å². The zero-order valence-electron chi connectivity index (χ0n) is 17.9. The van der Waals surface area contributed by atoms with Gasteiger partial charge in [-0.2, -0.15) is 0 Å². The van der Waals surface area contributed by atoms with Gasteiger partial charge in [-0.25, -0.2) is 4.99 Å². The molecule has 1 aliphatic rings. The fraction of sp³-hybridized carbons (Fsp3) is 0.583. The highest BCUT2D eigenvalue weighted by molar-refractivity contribution is 6.13. The number of nitrogens with zero attached hydrogens (tertiary/aromatic N) is 2. The number of ether oxygens (including phenoxy) is 1. The number of hydrogen-bond donors (Lipinski definition) is 0. The molecule has 1 amide bonds. The highest BCUT2D eigenvalue weighted by Gasteiger charge is 2.23. The maximum Gasteiger partial charge on any atom is 0.277 e. The topological polar surface area (TPSA) is 41.9 Å². The van der Waals surface area contributed by atoms with Crippen molar-refractivity contribution in [3.8, 4) is 5.75 Å². The lowest BCUT2D eigenvalue weighted by atomic mass is 10.1. The van der Waals surface area contributed by atoms with Gasteiger partial charge in [-0.3, -0.25) is 9.69 Å². The van der Waals surface area contributed by atoms with Gasteiger partial charge in [0.2, 0.25) is 0 Å². The molecule has 0 unspecified atom stereocenters. The molecule has 28 heavy (non-hydrogen) atoms. The molecule has 0 aliphatic carbocycles.